The summed E-state index contributed by atoms with van der Waals surface area (Å²) in [5.41, 5.74) is 0.164. The van der Waals surface area contributed by atoms with Gasteiger partial charge in [-0.25, -0.2) is 4.68 Å². The second-order valence-electron chi connectivity index (χ2n) is 4.32. The smallest absolute Gasteiger partial charge is 0.325 e. The van der Waals surface area contributed by atoms with Crippen LogP contribution in [0, 0.1) is 0 Å². The SMILES string of the molecule is CC(NC(=O)Cn1nc(-c2cccs2)ccc1=O)C(=O)O. The number of aliphatic carboxylic acids is 1. The highest BCUT2D eigenvalue weighted by Gasteiger charge is 2.15. The molecule has 8 heteroatoms. The van der Waals surface area contributed by atoms with Gasteiger partial charge in [-0.05, 0) is 24.4 Å². The van der Waals surface area contributed by atoms with Gasteiger partial charge in [-0.2, -0.15) is 5.10 Å². The number of thiophene rings is 1. The standard InChI is InChI=1S/C13H13N3O4S/c1-8(13(19)20)14-11(17)7-16-12(18)5-4-9(15-16)10-3-2-6-21-10/h2-6,8H,7H2,1H3,(H,14,17)(H,19,20). The Morgan fingerprint density at radius 1 is 1.43 bits per heavy atom. The molecule has 0 aliphatic rings. The third kappa shape index (κ3) is 3.76. The van der Waals surface area contributed by atoms with Crippen LogP contribution in [0.2, 0.25) is 0 Å². The van der Waals surface area contributed by atoms with Crippen molar-refractivity contribution in [3.8, 4) is 10.6 Å². The lowest BCUT2D eigenvalue weighted by Crippen LogP contribution is -2.41. The lowest BCUT2D eigenvalue weighted by atomic mass is 10.3. The summed E-state index contributed by atoms with van der Waals surface area (Å²) in [7, 11) is 0. The summed E-state index contributed by atoms with van der Waals surface area (Å²) in [6.07, 6.45) is 0. The Labute approximate surface area is 123 Å². The predicted octanol–water partition coefficient (Wildman–Crippen LogP) is 0.561. The van der Waals surface area contributed by atoms with Crippen LogP contribution < -0.4 is 10.9 Å². The maximum atomic E-state index is 11.7. The Kier molecular flexibility index (Phi) is 4.49. The van der Waals surface area contributed by atoms with Gasteiger partial charge in [-0.15, -0.1) is 11.3 Å². The molecule has 0 spiro atoms. The minimum absolute atomic E-state index is 0.324. The minimum Gasteiger partial charge on any atom is -0.480 e. The number of aromatic nitrogens is 2. The van der Waals surface area contributed by atoms with E-state index in [9.17, 15) is 14.4 Å². The first-order valence-corrected chi connectivity index (χ1v) is 6.99. The largest absolute Gasteiger partial charge is 0.480 e. The molecule has 2 heterocycles. The van der Waals surface area contributed by atoms with Crippen molar-refractivity contribution in [1.29, 1.82) is 0 Å². The third-order valence-electron chi connectivity index (χ3n) is 2.68. The number of carbonyl (C=O) groups is 2. The zero-order valence-corrected chi connectivity index (χ0v) is 12.0. The van der Waals surface area contributed by atoms with Crippen LogP contribution >= 0.6 is 11.3 Å². The van der Waals surface area contributed by atoms with E-state index in [4.69, 9.17) is 5.11 Å². The predicted molar refractivity (Wildman–Crippen MR) is 77.1 cm³/mol. The number of amides is 1. The molecule has 1 unspecified atom stereocenters. The highest BCUT2D eigenvalue weighted by Crippen LogP contribution is 2.20. The Hall–Kier alpha value is -2.48. The number of carboxylic acids is 1. The maximum Gasteiger partial charge on any atom is 0.325 e. The number of hydrogen-bond acceptors (Lipinski definition) is 5. The molecular formula is C13H13N3O4S. The number of rotatable bonds is 5. The molecule has 2 aromatic rings. The number of carbonyl (C=O) groups excluding carboxylic acids is 1. The van der Waals surface area contributed by atoms with Gasteiger partial charge in [-0.1, -0.05) is 6.07 Å². The molecule has 2 rings (SSSR count). The van der Waals surface area contributed by atoms with Crippen LogP contribution in [0.25, 0.3) is 10.6 Å². The molecule has 0 aliphatic heterocycles. The van der Waals surface area contributed by atoms with Gasteiger partial charge in [0.05, 0.1) is 4.88 Å². The first-order valence-electron chi connectivity index (χ1n) is 6.11. The van der Waals surface area contributed by atoms with E-state index in [2.05, 4.69) is 10.4 Å². The van der Waals surface area contributed by atoms with Gasteiger partial charge in [0.1, 0.15) is 18.3 Å². The van der Waals surface area contributed by atoms with E-state index in [0.717, 1.165) is 9.56 Å². The van der Waals surface area contributed by atoms with E-state index in [1.807, 2.05) is 17.5 Å². The summed E-state index contributed by atoms with van der Waals surface area (Å²) in [5, 5.41) is 17.0. The van der Waals surface area contributed by atoms with Crippen LogP contribution in [-0.2, 0) is 16.1 Å². The van der Waals surface area contributed by atoms with Gasteiger partial charge < -0.3 is 10.4 Å². The zero-order valence-electron chi connectivity index (χ0n) is 11.1. The summed E-state index contributed by atoms with van der Waals surface area (Å²) >= 11 is 1.47. The normalized spacial score (nSPS) is 11.9. The molecule has 0 aliphatic carbocycles. The Balaban J connectivity index is 2.16. The summed E-state index contributed by atoms with van der Waals surface area (Å²) in [4.78, 5) is 35.0. The molecule has 0 fully saturated rings. The van der Waals surface area contributed by atoms with Gasteiger partial charge in [0, 0.05) is 6.07 Å². The van der Waals surface area contributed by atoms with E-state index < -0.39 is 23.5 Å². The molecular weight excluding hydrogens is 294 g/mol. The molecule has 0 bridgehead atoms. The number of nitrogens with one attached hydrogen (secondary N) is 1. The highest BCUT2D eigenvalue weighted by atomic mass is 32.1. The van der Waals surface area contributed by atoms with Crippen LogP contribution in [0.5, 0.6) is 0 Å². The van der Waals surface area contributed by atoms with Crippen LogP contribution in [0.3, 0.4) is 0 Å². The minimum atomic E-state index is -1.14. The second kappa shape index (κ2) is 6.31. The van der Waals surface area contributed by atoms with Crippen LogP contribution in [0.1, 0.15) is 6.92 Å². The maximum absolute atomic E-state index is 11.7. The van der Waals surface area contributed by atoms with Gasteiger partial charge >= 0.3 is 5.97 Å². The zero-order chi connectivity index (χ0) is 15.4. The third-order valence-corrected chi connectivity index (χ3v) is 3.57. The molecule has 0 aromatic carbocycles. The van der Waals surface area contributed by atoms with Crippen molar-refractivity contribution in [3.63, 3.8) is 0 Å². The van der Waals surface area contributed by atoms with Gasteiger partial charge in [0.15, 0.2) is 0 Å². The van der Waals surface area contributed by atoms with Crippen molar-refractivity contribution in [1.82, 2.24) is 15.1 Å². The van der Waals surface area contributed by atoms with Crippen LogP contribution in [-0.4, -0.2) is 32.8 Å². The average molecular weight is 307 g/mol. The lowest BCUT2D eigenvalue weighted by Gasteiger charge is -2.10. The Morgan fingerprint density at radius 2 is 2.19 bits per heavy atom. The summed E-state index contributed by atoms with van der Waals surface area (Å²) in [6, 6.07) is 5.61. The van der Waals surface area contributed by atoms with Crippen molar-refractivity contribution in [2.75, 3.05) is 0 Å². The van der Waals surface area contributed by atoms with Crippen molar-refractivity contribution in [3.05, 3.63) is 40.0 Å². The molecule has 1 amide bonds. The summed E-state index contributed by atoms with van der Waals surface area (Å²) < 4.78 is 1.01. The van der Waals surface area contributed by atoms with E-state index >= 15 is 0 Å². The first kappa shape index (κ1) is 14.9. The Morgan fingerprint density at radius 3 is 2.81 bits per heavy atom. The average Bonchev–Trinajstić information content (AvgIpc) is 2.95. The van der Waals surface area contributed by atoms with Crippen molar-refractivity contribution in [2.45, 2.75) is 19.5 Å². The molecule has 0 radical (unpaired) electrons. The topological polar surface area (TPSA) is 101 Å². The molecule has 2 aromatic heterocycles. The van der Waals surface area contributed by atoms with Gasteiger partial charge in [0.25, 0.3) is 5.56 Å². The van der Waals surface area contributed by atoms with Crippen LogP contribution in [0.4, 0.5) is 0 Å². The molecule has 21 heavy (non-hydrogen) atoms. The van der Waals surface area contributed by atoms with Crippen LogP contribution in [0.15, 0.2) is 34.4 Å². The molecule has 0 saturated heterocycles. The molecule has 1 atom stereocenters. The van der Waals surface area contributed by atoms with Crippen molar-refractivity contribution >= 4 is 23.2 Å². The fourth-order valence-corrected chi connectivity index (χ4v) is 2.29. The fraction of sp³-hybridized carbons (Fsp3) is 0.231. The summed E-state index contributed by atoms with van der Waals surface area (Å²) in [6.45, 7) is 1.02. The highest BCUT2D eigenvalue weighted by molar-refractivity contribution is 7.13. The molecule has 110 valence electrons. The molecule has 7 nitrogen and oxygen atoms in total. The van der Waals surface area contributed by atoms with Gasteiger partial charge in [0.2, 0.25) is 5.91 Å². The van der Waals surface area contributed by atoms with Crippen molar-refractivity contribution in [2.24, 2.45) is 0 Å². The number of hydrogen-bond donors (Lipinski definition) is 2. The Bertz CT molecular complexity index is 708. The van der Waals surface area contributed by atoms with E-state index in [1.165, 1.54) is 24.3 Å². The van der Waals surface area contributed by atoms with E-state index in [0.29, 0.717) is 5.69 Å². The lowest BCUT2D eigenvalue weighted by molar-refractivity contribution is -0.141. The first-order chi connectivity index (χ1) is 9.97. The quantitative estimate of drug-likeness (QED) is 0.840. The molecule has 0 saturated carbocycles. The molecule has 2 N–H and O–H groups in total. The second-order valence-corrected chi connectivity index (χ2v) is 5.27. The number of carboxylic acid groups (broad SMARTS) is 1. The van der Waals surface area contributed by atoms with E-state index in [-0.39, 0.29) is 6.54 Å². The van der Waals surface area contributed by atoms with E-state index in [1.54, 1.807) is 6.07 Å². The monoisotopic (exact) mass is 307 g/mol. The summed E-state index contributed by atoms with van der Waals surface area (Å²) in [5.74, 6) is -1.72. The van der Waals surface area contributed by atoms with Gasteiger partial charge in [-0.3, -0.25) is 14.4 Å². The number of nitrogens with zero attached hydrogens (tertiary/aromatic N) is 2. The fourth-order valence-electron chi connectivity index (χ4n) is 1.60. The van der Waals surface area contributed by atoms with Crippen molar-refractivity contribution < 1.29 is 14.7 Å².